The van der Waals surface area contributed by atoms with Crippen LogP contribution < -0.4 is 5.32 Å². The standard InChI is InChI=1S/C15H16Cl2N2/c1-3-18-9-11-4-7-15(19-10(11)2)13-8-12(16)5-6-14(13)17/h4-8,18H,3,9H2,1-2H3. The maximum absolute atomic E-state index is 6.20. The van der Waals surface area contributed by atoms with E-state index in [1.807, 2.05) is 19.1 Å². The summed E-state index contributed by atoms with van der Waals surface area (Å²) in [7, 11) is 0. The zero-order valence-corrected chi connectivity index (χ0v) is 12.5. The molecular formula is C15H16Cl2N2. The van der Waals surface area contributed by atoms with E-state index >= 15 is 0 Å². The number of benzene rings is 1. The second kappa shape index (κ2) is 6.38. The van der Waals surface area contributed by atoms with Crippen molar-refractivity contribution in [2.24, 2.45) is 0 Å². The van der Waals surface area contributed by atoms with Gasteiger partial charge in [-0.05, 0) is 43.3 Å². The quantitative estimate of drug-likeness (QED) is 0.900. The molecule has 1 N–H and O–H groups in total. The van der Waals surface area contributed by atoms with Crippen molar-refractivity contribution in [3.8, 4) is 11.3 Å². The van der Waals surface area contributed by atoms with Crippen molar-refractivity contribution >= 4 is 23.2 Å². The summed E-state index contributed by atoms with van der Waals surface area (Å²) in [5, 5.41) is 4.62. The van der Waals surface area contributed by atoms with E-state index < -0.39 is 0 Å². The van der Waals surface area contributed by atoms with Crippen molar-refractivity contribution in [2.45, 2.75) is 20.4 Å². The topological polar surface area (TPSA) is 24.9 Å². The predicted molar refractivity (Wildman–Crippen MR) is 81.8 cm³/mol. The highest BCUT2D eigenvalue weighted by Gasteiger charge is 2.08. The molecular weight excluding hydrogens is 279 g/mol. The lowest BCUT2D eigenvalue weighted by molar-refractivity contribution is 0.720. The number of aromatic nitrogens is 1. The number of pyridine rings is 1. The van der Waals surface area contributed by atoms with E-state index in [2.05, 4.69) is 23.3 Å². The lowest BCUT2D eigenvalue weighted by atomic mass is 10.1. The first-order chi connectivity index (χ1) is 9.11. The first-order valence-corrected chi connectivity index (χ1v) is 7.00. The molecule has 0 aliphatic heterocycles. The van der Waals surface area contributed by atoms with Crippen molar-refractivity contribution in [2.75, 3.05) is 6.54 Å². The van der Waals surface area contributed by atoms with Crippen LogP contribution in [0.3, 0.4) is 0 Å². The van der Waals surface area contributed by atoms with Crippen LogP contribution in [0.15, 0.2) is 30.3 Å². The molecule has 0 unspecified atom stereocenters. The average molecular weight is 295 g/mol. The Bertz CT molecular complexity index is 582. The monoisotopic (exact) mass is 294 g/mol. The van der Waals surface area contributed by atoms with Crippen molar-refractivity contribution in [3.05, 3.63) is 51.6 Å². The minimum Gasteiger partial charge on any atom is -0.313 e. The summed E-state index contributed by atoms with van der Waals surface area (Å²) >= 11 is 12.2. The first kappa shape index (κ1) is 14.3. The second-order valence-electron chi connectivity index (χ2n) is 4.35. The number of hydrogen-bond acceptors (Lipinski definition) is 2. The van der Waals surface area contributed by atoms with Crippen LogP contribution >= 0.6 is 23.2 Å². The summed E-state index contributed by atoms with van der Waals surface area (Å²) < 4.78 is 0. The van der Waals surface area contributed by atoms with Crippen LogP contribution in [0.2, 0.25) is 10.0 Å². The third kappa shape index (κ3) is 3.47. The van der Waals surface area contributed by atoms with Crippen LogP contribution in [0, 0.1) is 6.92 Å². The van der Waals surface area contributed by atoms with Crippen LogP contribution in [0.25, 0.3) is 11.3 Å². The first-order valence-electron chi connectivity index (χ1n) is 6.24. The summed E-state index contributed by atoms with van der Waals surface area (Å²) in [4.78, 5) is 4.62. The highest BCUT2D eigenvalue weighted by Crippen LogP contribution is 2.29. The molecule has 0 fully saturated rings. The number of nitrogens with zero attached hydrogens (tertiary/aromatic N) is 1. The molecule has 2 aromatic rings. The summed E-state index contributed by atoms with van der Waals surface area (Å²) in [6.07, 6.45) is 0. The fourth-order valence-electron chi connectivity index (χ4n) is 1.88. The van der Waals surface area contributed by atoms with Crippen LogP contribution in [-0.2, 0) is 6.54 Å². The highest BCUT2D eigenvalue weighted by atomic mass is 35.5. The molecule has 0 spiro atoms. The molecule has 1 aromatic carbocycles. The zero-order valence-electron chi connectivity index (χ0n) is 11.0. The maximum atomic E-state index is 6.20. The van der Waals surface area contributed by atoms with E-state index in [-0.39, 0.29) is 0 Å². The van der Waals surface area contributed by atoms with Crippen molar-refractivity contribution in [1.29, 1.82) is 0 Å². The lowest BCUT2D eigenvalue weighted by Gasteiger charge is -2.09. The van der Waals surface area contributed by atoms with Gasteiger partial charge in [0.2, 0.25) is 0 Å². The van der Waals surface area contributed by atoms with Gasteiger partial charge in [0, 0.05) is 22.8 Å². The van der Waals surface area contributed by atoms with Gasteiger partial charge >= 0.3 is 0 Å². The van der Waals surface area contributed by atoms with E-state index in [0.29, 0.717) is 10.0 Å². The van der Waals surface area contributed by atoms with Crippen LogP contribution in [0.5, 0.6) is 0 Å². The molecule has 0 aliphatic rings. The number of nitrogens with one attached hydrogen (secondary N) is 1. The van der Waals surface area contributed by atoms with Gasteiger partial charge in [-0.15, -0.1) is 0 Å². The lowest BCUT2D eigenvalue weighted by Crippen LogP contribution is -2.13. The number of halogens is 2. The van der Waals surface area contributed by atoms with Crippen LogP contribution in [-0.4, -0.2) is 11.5 Å². The van der Waals surface area contributed by atoms with Gasteiger partial charge in [0.1, 0.15) is 0 Å². The highest BCUT2D eigenvalue weighted by molar-refractivity contribution is 6.35. The summed E-state index contributed by atoms with van der Waals surface area (Å²) in [5.74, 6) is 0. The third-order valence-corrected chi connectivity index (χ3v) is 3.53. The number of hydrogen-bond donors (Lipinski definition) is 1. The second-order valence-corrected chi connectivity index (χ2v) is 5.19. The molecule has 1 aromatic heterocycles. The molecule has 1 heterocycles. The average Bonchev–Trinajstić information content (AvgIpc) is 2.40. The van der Waals surface area contributed by atoms with Gasteiger partial charge in [0.25, 0.3) is 0 Å². The van der Waals surface area contributed by atoms with E-state index in [1.54, 1.807) is 12.1 Å². The molecule has 0 atom stereocenters. The molecule has 19 heavy (non-hydrogen) atoms. The Balaban J connectivity index is 2.36. The SMILES string of the molecule is CCNCc1ccc(-c2cc(Cl)ccc2Cl)nc1C. The molecule has 0 saturated carbocycles. The molecule has 2 nitrogen and oxygen atoms in total. The van der Waals surface area contributed by atoms with Gasteiger partial charge < -0.3 is 5.32 Å². The van der Waals surface area contributed by atoms with Gasteiger partial charge in [-0.2, -0.15) is 0 Å². The Morgan fingerprint density at radius 1 is 1.16 bits per heavy atom. The van der Waals surface area contributed by atoms with Crippen molar-refractivity contribution < 1.29 is 0 Å². The molecule has 4 heteroatoms. The summed E-state index contributed by atoms with van der Waals surface area (Å²) in [5.41, 5.74) is 3.93. The van der Waals surface area contributed by atoms with E-state index in [4.69, 9.17) is 23.2 Å². The normalized spacial score (nSPS) is 10.7. The fourth-order valence-corrected chi connectivity index (χ4v) is 2.27. The van der Waals surface area contributed by atoms with Gasteiger partial charge in [-0.25, -0.2) is 0 Å². The Kier molecular flexibility index (Phi) is 4.81. The van der Waals surface area contributed by atoms with E-state index in [1.165, 1.54) is 5.56 Å². The molecule has 0 radical (unpaired) electrons. The van der Waals surface area contributed by atoms with Gasteiger partial charge in [0.05, 0.1) is 10.7 Å². The molecule has 2 rings (SSSR count). The Morgan fingerprint density at radius 3 is 2.63 bits per heavy atom. The number of rotatable bonds is 4. The van der Waals surface area contributed by atoms with Crippen LogP contribution in [0.1, 0.15) is 18.2 Å². The molecule has 100 valence electrons. The summed E-state index contributed by atoms with van der Waals surface area (Å²) in [6.45, 7) is 5.87. The smallest absolute Gasteiger partial charge is 0.0720 e. The maximum Gasteiger partial charge on any atom is 0.0720 e. The molecule has 0 aliphatic carbocycles. The Labute approximate surface area is 123 Å². The third-order valence-electron chi connectivity index (χ3n) is 2.97. The Hall–Kier alpha value is -1.09. The van der Waals surface area contributed by atoms with Gasteiger partial charge in [-0.3, -0.25) is 4.98 Å². The molecule has 0 bridgehead atoms. The predicted octanol–water partition coefficient (Wildman–Crippen LogP) is 4.47. The summed E-state index contributed by atoms with van der Waals surface area (Å²) in [6, 6.07) is 9.48. The minimum absolute atomic E-state index is 0.663. The zero-order chi connectivity index (χ0) is 13.8. The van der Waals surface area contributed by atoms with Crippen molar-refractivity contribution in [3.63, 3.8) is 0 Å². The van der Waals surface area contributed by atoms with E-state index in [9.17, 15) is 0 Å². The van der Waals surface area contributed by atoms with Gasteiger partial charge in [-0.1, -0.05) is 36.2 Å². The minimum atomic E-state index is 0.663. The van der Waals surface area contributed by atoms with Crippen LogP contribution in [0.4, 0.5) is 0 Å². The largest absolute Gasteiger partial charge is 0.313 e. The van der Waals surface area contributed by atoms with E-state index in [0.717, 1.165) is 30.0 Å². The Morgan fingerprint density at radius 2 is 1.95 bits per heavy atom. The number of aryl methyl sites for hydroxylation is 1. The van der Waals surface area contributed by atoms with Gasteiger partial charge in [0.15, 0.2) is 0 Å². The molecule has 0 amide bonds. The fraction of sp³-hybridized carbons (Fsp3) is 0.267. The molecule has 0 saturated heterocycles. The van der Waals surface area contributed by atoms with Crippen molar-refractivity contribution in [1.82, 2.24) is 10.3 Å².